The maximum absolute atomic E-state index is 12.0. The molecule has 0 aromatic carbocycles. The minimum Gasteiger partial charge on any atom is -0.356 e. The summed E-state index contributed by atoms with van der Waals surface area (Å²) in [5.41, 5.74) is 0.769. The van der Waals surface area contributed by atoms with Gasteiger partial charge < -0.3 is 10.6 Å². The number of hydrogen-bond acceptors (Lipinski definition) is 4. The van der Waals surface area contributed by atoms with Crippen LogP contribution < -0.4 is 10.6 Å². The van der Waals surface area contributed by atoms with Crippen LogP contribution in [0.5, 0.6) is 0 Å². The Morgan fingerprint density at radius 3 is 2.45 bits per heavy atom. The molecular formula is C14H23ClN2O2S. The zero-order valence-electron chi connectivity index (χ0n) is 12.2. The minimum atomic E-state index is -0.0472. The molecule has 0 saturated heterocycles. The fraction of sp³-hybridized carbons (Fsp3) is 0.571. The monoisotopic (exact) mass is 318 g/mol. The van der Waals surface area contributed by atoms with Crippen molar-refractivity contribution in [2.24, 2.45) is 0 Å². The molecule has 0 aliphatic heterocycles. The van der Waals surface area contributed by atoms with E-state index in [1.807, 2.05) is 27.0 Å². The van der Waals surface area contributed by atoms with Crippen molar-refractivity contribution in [2.75, 3.05) is 20.1 Å². The van der Waals surface area contributed by atoms with Gasteiger partial charge in [-0.05, 0) is 39.9 Å². The Labute approximate surface area is 130 Å². The van der Waals surface area contributed by atoms with Crippen molar-refractivity contribution >= 4 is 35.4 Å². The molecule has 1 aromatic rings. The van der Waals surface area contributed by atoms with Crippen LogP contribution in [0.25, 0.3) is 0 Å². The second-order valence-electron chi connectivity index (χ2n) is 4.56. The summed E-state index contributed by atoms with van der Waals surface area (Å²) in [6.45, 7) is 5.47. The van der Waals surface area contributed by atoms with E-state index in [1.165, 1.54) is 0 Å². The largest absolute Gasteiger partial charge is 0.356 e. The molecule has 4 nitrogen and oxygen atoms in total. The highest BCUT2D eigenvalue weighted by molar-refractivity contribution is 7.12. The summed E-state index contributed by atoms with van der Waals surface area (Å²) in [7, 11) is 1.88. The Kier molecular flexibility index (Phi) is 9.46. The van der Waals surface area contributed by atoms with Crippen LogP contribution in [0, 0.1) is 13.8 Å². The first-order valence-corrected chi connectivity index (χ1v) is 7.37. The van der Waals surface area contributed by atoms with Crippen molar-refractivity contribution in [3.63, 3.8) is 0 Å². The van der Waals surface area contributed by atoms with Gasteiger partial charge in [0, 0.05) is 34.7 Å². The lowest BCUT2D eigenvalue weighted by molar-refractivity contribution is -0.121. The maximum Gasteiger partial charge on any atom is 0.220 e. The van der Waals surface area contributed by atoms with Gasteiger partial charge in [0.2, 0.25) is 5.91 Å². The van der Waals surface area contributed by atoms with Gasteiger partial charge in [0.15, 0.2) is 5.78 Å². The number of ketones is 1. The molecule has 20 heavy (non-hydrogen) atoms. The zero-order chi connectivity index (χ0) is 14.3. The van der Waals surface area contributed by atoms with Crippen LogP contribution in [0.3, 0.4) is 0 Å². The molecule has 0 bridgehead atoms. The lowest BCUT2D eigenvalue weighted by Crippen LogP contribution is -2.26. The third-order valence-electron chi connectivity index (χ3n) is 2.85. The summed E-state index contributed by atoms with van der Waals surface area (Å²) in [5, 5.41) is 5.83. The summed E-state index contributed by atoms with van der Waals surface area (Å²) < 4.78 is 0. The van der Waals surface area contributed by atoms with Crippen molar-refractivity contribution in [2.45, 2.75) is 33.1 Å². The molecule has 1 rings (SSSR count). The second kappa shape index (κ2) is 9.91. The zero-order valence-corrected chi connectivity index (χ0v) is 13.9. The van der Waals surface area contributed by atoms with Crippen molar-refractivity contribution < 1.29 is 9.59 Å². The molecule has 0 atom stereocenters. The van der Waals surface area contributed by atoms with Gasteiger partial charge in [0.05, 0.1) is 0 Å². The minimum absolute atomic E-state index is 0. The molecule has 6 heteroatoms. The molecule has 0 radical (unpaired) electrons. The fourth-order valence-corrected chi connectivity index (χ4v) is 2.79. The smallest absolute Gasteiger partial charge is 0.220 e. The molecule has 114 valence electrons. The van der Waals surface area contributed by atoms with E-state index >= 15 is 0 Å². The van der Waals surface area contributed by atoms with Gasteiger partial charge >= 0.3 is 0 Å². The van der Waals surface area contributed by atoms with Crippen LogP contribution >= 0.6 is 23.7 Å². The second-order valence-corrected chi connectivity index (χ2v) is 6.02. The van der Waals surface area contributed by atoms with Gasteiger partial charge in [-0.3, -0.25) is 9.59 Å². The average Bonchev–Trinajstić information content (AvgIpc) is 2.71. The quantitative estimate of drug-likeness (QED) is 0.572. The average molecular weight is 319 g/mol. The molecule has 2 N–H and O–H groups in total. The van der Waals surface area contributed by atoms with Crippen LogP contribution in [-0.4, -0.2) is 31.8 Å². The lowest BCUT2D eigenvalue weighted by Gasteiger charge is -2.04. The Bertz CT molecular complexity index is 446. The third-order valence-corrected chi connectivity index (χ3v) is 3.81. The first-order valence-electron chi connectivity index (χ1n) is 6.56. The van der Waals surface area contributed by atoms with Gasteiger partial charge in [-0.15, -0.1) is 23.7 Å². The van der Waals surface area contributed by atoms with E-state index in [1.54, 1.807) is 11.3 Å². The van der Waals surface area contributed by atoms with Crippen LogP contribution in [0.2, 0.25) is 0 Å². The van der Waals surface area contributed by atoms with E-state index in [-0.39, 0.29) is 36.9 Å². The van der Waals surface area contributed by atoms with E-state index in [9.17, 15) is 9.59 Å². The van der Waals surface area contributed by atoms with E-state index in [2.05, 4.69) is 10.6 Å². The molecule has 0 saturated carbocycles. The number of Topliss-reactive ketones (excluding diaryl/α,β-unsaturated/α-hetero) is 1. The Morgan fingerprint density at radius 1 is 1.20 bits per heavy atom. The number of halogens is 1. The highest BCUT2D eigenvalue weighted by Crippen LogP contribution is 2.22. The van der Waals surface area contributed by atoms with Gasteiger partial charge in [0.1, 0.15) is 0 Å². The molecule has 0 spiro atoms. The molecule has 0 aliphatic rings. The van der Waals surface area contributed by atoms with Crippen molar-refractivity contribution in [1.29, 1.82) is 0 Å². The standard InChI is InChI=1S/C14H22N2O2S.ClH/c1-10-9-12(11(2)19-10)13(17)5-6-14(18)16-8-4-7-15-3;/h9,15H,4-8H2,1-3H3,(H,16,18);1H. The Morgan fingerprint density at radius 2 is 1.90 bits per heavy atom. The lowest BCUT2D eigenvalue weighted by atomic mass is 10.1. The third kappa shape index (κ3) is 6.50. The van der Waals surface area contributed by atoms with Gasteiger partial charge in [-0.25, -0.2) is 0 Å². The highest BCUT2D eigenvalue weighted by atomic mass is 35.5. The topological polar surface area (TPSA) is 58.2 Å². The molecular weight excluding hydrogens is 296 g/mol. The number of carbonyl (C=O) groups is 2. The summed E-state index contributed by atoms with van der Waals surface area (Å²) in [5.74, 6) is 0.0151. The normalized spacial score (nSPS) is 9.95. The van der Waals surface area contributed by atoms with Crippen LogP contribution in [-0.2, 0) is 4.79 Å². The van der Waals surface area contributed by atoms with Gasteiger partial charge in [0.25, 0.3) is 0 Å². The maximum atomic E-state index is 12.0. The van der Waals surface area contributed by atoms with Crippen LogP contribution in [0.4, 0.5) is 0 Å². The van der Waals surface area contributed by atoms with E-state index in [4.69, 9.17) is 0 Å². The van der Waals surface area contributed by atoms with Crippen LogP contribution in [0.15, 0.2) is 6.07 Å². The summed E-state index contributed by atoms with van der Waals surface area (Å²) >= 11 is 1.62. The number of amides is 1. The van der Waals surface area contributed by atoms with E-state index in [0.717, 1.165) is 28.3 Å². The van der Waals surface area contributed by atoms with E-state index in [0.29, 0.717) is 6.54 Å². The fourth-order valence-electron chi connectivity index (χ4n) is 1.85. The van der Waals surface area contributed by atoms with Crippen molar-refractivity contribution in [3.05, 3.63) is 21.4 Å². The first-order chi connectivity index (χ1) is 9.04. The molecule has 0 unspecified atom stereocenters. The first kappa shape index (κ1) is 19.1. The van der Waals surface area contributed by atoms with Gasteiger partial charge in [-0.2, -0.15) is 0 Å². The predicted molar refractivity (Wildman–Crippen MR) is 86.2 cm³/mol. The number of aryl methyl sites for hydroxylation is 2. The Balaban J connectivity index is 0.00000361. The number of rotatable bonds is 8. The number of thiophene rings is 1. The summed E-state index contributed by atoms with van der Waals surface area (Å²) in [6, 6.07) is 1.91. The number of hydrogen-bond donors (Lipinski definition) is 2. The van der Waals surface area contributed by atoms with Crippen molar-refractivity contribution in [1.82, 2.24) is 10.6 Å². The molecule has 1 amide bonds. The van der Waals surface area contributed by atoms with E-state index < -0.39 is 0 Å². The molecule has 1 aromatic heterocycles. The number of carbonyl (C=O) groups excluding carboxylic acids is 2. The Hall–Kier alpha value is -0.910. The van der Waals surface area contributed by atoms with Crippen molar-refractivity contribution in [3.8, 4) is 0 Å². The summed E-state index contributed by atoms with van der Waals surface area (Å²) in [4.78, 5) is 25.7. The molecule has 0 fully saturated rings. The van der Waals surface area contributed by atoms with Crippen LogP contribution in [0.1, 0.15) is 39.4 Å². The SMILES string of the molecule is CNCCCNC(=O)CCC(=O)c1cc(C)sc1C.Cl. The predicted octanol–water partition coefficient (Wildman–Crippen LogP) is 2.48. The van der Waals surface area contributed by atoms with Gasteiger partial charge in [-0.1, -0.05) is 0 Å². The molecule has 1 heterocycles. The molecule has 0 aliphatic carbocycles. The number of nitrogens with one attached hydrogen (secondary N) is 2. The highest BCUT2D eigenvalue weighted by Gasteiger charge is 2.13. The summed E-state index contributed by atoms with van der Waals surface area (Å²) in [6.07, 6.45) is 1.46.